The molecule has 0 aromatic heterocycles. The summed E-state index contributed by atoms with van der Waals surface area (Å²) in [7, 11) is 0. The number of fused-ring (bicyclic) bond motifs is 1. The van der Waals surface area contributed by atoms with Crippen molar-refractivity contribution < 1.29 is 0 Å². The quantitative estimate of drug-likeness (QED) is 0.586. The molecule has 2 aliphatic carbocycles. The van der Waals surface area contributed by atoms with Gasteiger partial charge >= 0.3 is 0 Å². The summed E-state index contributed by atoms with van der Waals surface area (Å²) in [5.41, 5.74) is 0.806. The van der Waals surface area contributed by atoms with E-state index in [4.69, 9.17) is 0 Å². The zero-order valence-electron chi connectivity index (χ0n) is 8.93. The van der Waals surface area contributed by atoms with Gasteiger partial charge in [0.15, 0.2) is 0 Å². The van der Waals surface area contributed by atoms with Crippen LogP contribution < -0.4 is 0 Å². The number of rotatable bonds is 2. The predicted octanol–water partition coefficient (Wildman–Crippen LogP) is 3.71. The summed E-state index contributed by atoms with van der Waals surface area (Å²) < 4.78 is 0. The molecule has 0 nitrogen and oxygen atoms in total. The molecule has 2 aliphatic rings. The van der Waals surface area contributed by atoms with Crippen LogP contribution in [0, 0.1) is 29.1 Å². The van der Waals surface area contributed by atoms with Crippen LogP contribution in [-0.4, -0.2) is 0 Å². The third kappa shape index (κ3) is 0.900. The molecule has 4 unspecified atom stereocenters. The van der Waals surface area contributed by atoms with Crippen LogP contribution >= 0.6 is 0 Å². The first-order valence-corrected chi connectivity index (χ1v) is 5.62. The van der Waals surface area contributed by atoms with Crippen LogP contribution in [0.5, 0.6) is 0 Å². The van der Waals surface area contributed by atoms with Crippen molar-refractivity contribution in [2.75, 3.05) is 0 Å². The minimum Gasteiger partial charge on any atom is -0.0651 e. The smallest absolute Gasteiger partial charge is 0.0238 e. The molecule has 2 saturated carbocycles. The van der Waals surface area contributed by atoms with Gasteiger partial charge in [-0.25, -0.2) is 0 Å². The van der Waals surface area contributed by atoms with Gasteiger partial charge in [-0.2, -0.15) is 0 Å². The zero-order valence-corrected chi connectivity index (χ0v) is 8.93. The Balaban J connectivity index is 2.09. The van der Waals surface area contributed by atoms with E-state index in [9.17, 15) is 0 Å². The maximum absolute atomic E-state index is 2.48. The van der Waals surface area contributed by atoms with Crippen molar-refractivity contribution in [2.45, 2.75) is 47.0 Å². The molecule has 70 valence electrons. The minimum atomic E-state index is 0.806. The lowest BCUT2D eigenvalue weighted by molar-refractivity contribution is 0.302. The SMILES string of the molecule is CCC1CC2(C(C)C)CC2C1C. The zero-order chi connectivity index (χ0) is 8.93. The van der Waals surface area contributed by atoms with E-state index in [1.54, 1.807) is 6.42 Å². The van der Waals surface area contributed by atoms with Crippen LogP contribution in [-0.2, 0) is 0 Å². The fourth-order valence-corrected chi connectivity index (χ4v) is 3.71. The second kappa shape index (κ2) is 2.49. The molecule has 2 rings (SSSR count). The molecule has 0 heteroatoms. The topological polar surface area (TPSA) is 0 Å². The van der Waals surface area contributed by atoms with Gasteiger partial charge in [0.2, 0.25) is 0 Å². The second-order valence-electron chi connectivity index (χ2n) is 5.43. The van der Waals surface area contributed by atoms with Crippen LogP contribution in [0.4, 0.5) is 0 Å². The van der Waals surface area contributed by atoms with E-state index in [1.807, 2.05) is 0 Å². The normalized spacial score (nSPS) is 51.2. The third-order valence-electron chi connectivity index (χ3n) is 4.87. The van der Waals surface area contributed by atoms with E-state index < -0.39 is 0 Å². The number of hydrogen-bond acceptors (Lipinski definition) is 0. The average Bonchev–Trinajstić information content (AvgIpc) is 2.69. The van der Waals surface area contributed by atoms with Gasteiger partial charge in [0.1, 0.15) is 0 Å². The molecule has 0 aliphatic heterocycles. The Bertz CT molecular complexity index is 182. The summed E-state index contributed by atoms with van der Waals surface area (Å²) in [5.74, 6) is 4.10. The van der Waals surface area contributed by atoms with E-state index in [1.165, 1.54) is 12.8 Å². The summed E-state index contributed by atoms with van der Waals surface area (Å²) in [6.07, 6.45) is 4.49. The van der Waals surface area contributed by atoms with Crippen molar-refractivity contribution in [1.82, 2.24) is 0 Å². The largest absolute Gasteiger partial charge is 0.0651 e. The highest BCUT2D eigenvalue weighted by Gasteiger charge is 2.63. The summed E-state index contributed by atoms with van der Waals surface area (Å²) in [5, 5.41) is 0. The molecule has 0 aromatic carbocycles. The molecule has 4 atom stereocenters. The van der Waals surface area contributed by atoms with Crippen LogP contribution in [0.1, 0.15) is 47.0 Å². The van der Waals surface area contributed by atoms with E-state index in [2.05, 4.69) is 27.7 Å². The van der Waals surface area contributed by atoms with E-state index in [0.29, 0.717) is 0 Å². The average molecular weight is 166 g/mol. The van der Waals surface area contributed by atoms with Gasteiger partial charge in [0.25, 0.3) is 0 Å². The molecule has 0 spiro atoms. The maximum Gasteiger partial charge on any atom is -0.0238 e. The van der Waals surface area contributed by atoms with Gasteiger partial charge in [0.05, 0.1) is 0 Å². The van der Waals surface area contributed by atoms with Crippen molar-refractivity contribution in [3.05, 3.63) is 0 Å². The molecular weight excluding hydrogens is 144 g/mol. The van der Waals surface area contributed by atoms with Crippen LogP contribution in [0.3, 0.4) is 0 Å². The van der Waals surface area contributed by atoms with E-state index in [0.717, 1.165) is 29.1 Å². The first kappa shape index (κ1) is 8.59. The minimum absolute atomic E-state index is 0.806. The van der Waals surface area contributed by atoms with Gasteiger partial charge in [-0.3, -0.25) is 0 Å². The molecule has 0 radical (unpaired) electrons. The number of hydrogen-bond donors (Lipinski definition) is 0. The second-order valence-corrected chi connectivity index (χ2v) is 5.43. The highest BCUT2D eigenvalue weighted by Crippen LogP contribution is 2.71. The fraction of sp³-hybridized carbons (Fsp3) is 1.00. The Morgan fingerprint density at radius 1 is 1.33 bits per heavy atom. The molecule has 0 N–H and O–H groups in total. The Kier molecular flexibility index (Phi) is 1.79. The Hall–Kier alpha value is 0. The Labute approximate surface area is 76.7 Å². The predicted molar refractivity (Wildman–Crippen MR) is 52.9 cm³/mol. The van der Waals surface area contributed by atoms with Gasteiger partial charge in [-0.1, -0.05) is 34.1 Å². The van der Waals surface area contributed by atoms with Crippen LogP contribution in [0.2, 0.25) is 0 Å². The Morgan fingerprint density at radius 2 is 2.00 bits per heavy atom. The van der Waals surface area contributed by atoms with E-state index in [-0.39, 0.29) is 0 Å². The van der Waals surface area contributed by atoms with Gasteiger partial charge in [0, 0.05) is 0 Å². The van der Waals surface area contributed by atoms with Gasteiger partial charge in [-0.05, 0) is 41.9 Å². The summed E-state index contributed by atoms with van der Waals surface area (Å²) in [6.45, 7) is 9.69. The first-order valence-electron chi connectivity index (χ1n) is 5.62. The van der Waals surface area contributed by atoms with Crippen molar-refractivity contribution in [2.24, 2.45) is 29.1 Å². The highest BCUT2D eigenvalue weighted by atomic mass is 14.7. The standard InChI is InChI=1S/C12H22/c1-5-10-6-12(8(2)3)7-11(12)9(10)4/h8-11H,5-7H2,1-4H3. The fourth-order valence-electron chi connectivity index (χ4n) is 3.71. The molecule has 0 saturated heterocycles. The molecular formula is C12H22. The molecule has 0 bridgehead atoms. The molecule has 0 amide bonds. The molecule has 0 aromatic rings. The lowest BCUT2D eigenvalue weighted by Gasteiger charge is -2.20. The first-order chi connectivity index (χ1) is 5.62. The van der Waals surface area contributed by atoms with Crippen LogP contribution in [0.15, 0.2) is 0 Å². The van der Waals surface area contributed by atoms with Crippen LogP contribution in [0.25, 0.3) is 0 Å². The Morgan fingerprint density at radius 3 is 2.33 bits per heavy atom. The van der Waals surface area contributed by atoms with Crippen molar-refractivity contribution in [3.63, 3.8) is 0 Å². The lowest BCUT2D eigenvalue weighted by Crippen LogP contribution is -2.10. The maximum atomic E-state index is 2.48. The van der Waals surface area contributed by atoms with Gasteiger partial charge in [-0.15, -0.1) is 0 Å². The van der Waals surface area contributed by atoms with E-state index >= 15 is 0 Å². The third-order valence-corrected chi connectivity index (χ3v) is 4.87. The monoisotopic (exact) mass is 166 g/mol. The highest BCUT2D eigenvalue weighted by molar-refractivity contribution is 5.12. The summed E-state index contributed by atoms with van der Waals surface area (Å²) in [4.78, 5) is 0. The molecule has 2 fully saturated rings. The summed E-state index contributed by atoms with van der Waals surface area (Å²) >= 11 is 0. The van der Waals surface area contributed by atoms with Gasteiger partial charge < -0.3 is 0 Å². The lowest BCUT2D eigenvalue weighted by atomic mass is 9.85. The molecule has 12 heavy (non-hydrogen) atoms. The molecule has 0 heterocycles. The van der Waals surface area contributed by atoms with Crippen molar-refractivity contribution in [3.8, 4) is 0 Å². The van der Waals surface area contributed by atoms with Crippen molar-refractivity contribution >= 4 is 0 Å². The summed E-state index contributed by atoms with van der Waals surface area (Å²) in [6, 6.07) is 0. The van der Waals surface area contributed by atoms with Crippen molar-refractivity contribution in [1.29, 1.82) is 0 Å².